The summed E-state index contributed by atoms with van der Waals surface area (Å²) < 4.78 is 10.3. The van der Waals surface area contributed by atoms with E-state index < -0.39 is 0 Å². The molecule has 2 aromatic rings. The molecule has 6 nitrogen and oxygen atoms in total. The zero-order chi connectivity index (χ0) is 12.4. The quantitative estimate of drug-likeness (QED) is 0.809. The highest BCUT2D eigenvalue weighted by atomic mass is 16.5. The maximum atomic E-state index is 5.86. The fourth-order valence-corrected chi connectivity index (χ4v) is 1.35. The van der Waals surface area contributed by atoms with Crippen molar-refractivity contribution in [2.24, 2.45) is 0 Å². The van der Waals surface area contributed by atoms with E-state index in [0.29, 0.717) is 28.8 Å². The van der Waals surface area contributed by atoms with Crippen molar-refractivity contribution < 1.29 is 9.26 Å². The van der Waals surface area contributed by atoms with Crippen molar-refractivity contribution in [2.75, 3.05) is 31.8 Å². The molecule has 6 heteroatoms. The number of anilines is 2. The van der Waals surface area contributed by atoms with E-state index in [-0.39, 0.29) is 0 Å². The predicted molar refractivity (Wildman–Crippen MR) is 65.0 cm³/mol. The van der Waals surface area contributed by atoms with Gasteiger partial charge in [0.1, 0.15) is 5.75 Å². The zero-order valence-corrected chi connectivity index (χ0v) is 9.97. The van der Waals surface area contributed by atoms with Crippen LogP contribution in [0.3, 0.4) is 0 Å². The van der Waals surface area contributed by atoms with E-state index in [4.69, 9.17) is 15.0 Å². The first-order valence-electron chi connectivity index (χ1n) is 5.06. The molecule has 17 heavy (non-hydrogen) atoms. The monoisotopic (exact) mass is 234 g/mol. The van der Waals surface area contributed by atoms with Gasteiger partial charge in [-0.25, -0.2) is 0 Å². The summed E-state index contributed by atoms with van der Waals surface area (Å²) in [6.45, 7) is 0. The summed E-state index contributed by atoms with van der Waals surface area (Å²) in [6, 6.07) is 5.29. The minimum Gasteiger partial charge on any atom is -0.497 e. The third-order valence-corrected chi connectivity index (χ3v) is 2.31. The van der Waals surface area contributed by atoms with Crippen LogP contribution >= 0.6 is 0 Å². The fourth-order valence-electron chi connectivity index (χ4n) is 1.35. The number of rotatable bonds is 3. The molecule has 0 aliphatic rings. The van der Waals surface area contributed by atoms with Crippen LogP contribution in [0.15, 0.2) is 22.7 Å². The molecular formula is C11H14N4O2. The summed E-state index contributed by atoms with van der Waals surface area (Å²) in [4.78, 5) is 5.98. The molecule has 2 N–H and O–H groups in total. The molecule has 0 spiro atoms. The average molecular weight is 234 g/mol. The van der Waals surface area contributed by atoms with Crippen LogP contribution in [0.5, 0.6) is 5.75 Å². The second kappa shape index (κ2) is 4.32. The lowest BCUT2D eigenvalue weighted by molar-refractivity contribution is 0.413. The largest absolute Gasteiger partial charge is 0.497 e. The van der Waals surface area contributed by atoms with Crippen molar-refractivity contribution in [1.82, 2.24) is 10.1 Å². The van der Waals surface area contributed by atoms with Gasteiger partial charge < -0.3 is 19.9 Å². The first-order chi connectivity index (χ1) is 8.11. The molecule has 0 saturated heterocycles. The van der Waals surface area contributed by atoms with Crippen molar-refractivity contribution >= 4 is 11.6 Å². The Labute approximate surface area is 99.0 Å². The summed E-state index contributed by atoms with van der Waals surface area (Å²) in [5, 5.41) is 3.83. The first-order valence-corrected chi connectivity index (χ1v) is 5.06. The van der Waals surface area contributed by atoms with Crippen LogP contribution in [0.25, 0.3) is 11.5 Å². The zero-order valence-electron chi connectivity index (χ0n) is 9.97. The molecule has 2 rings (SSSR count). The Morgan fingerprint density at radius 3 is 2.71 bits per heavy atom. The second-order valence-corrected chi connectivity index (χ2v) is 3.75. The van der Waals surface area contributed by atoms with E-state index in [0.717, 1.165) is 0 Å². The van der Waals surface area contributed by atoms with Crippen LogP contribution in [0, 0.1) is 0 Å². The molecule has 0 aliphatic carbocycles. The maximum absolute atomic E-state index is 5.86. The van der Waals surface area contributed by atoms with Crippen LogP contribution in [0.2, 0.25) is 0 Å². The van der Waals surface area contributed by atoms with Crippen LogP contribution in [-0.4, -0.2) is 31.3 Å². The van der Waals surface area contributed by atoms with Crippen molar-refractivity contribution in [3.05, 3.63) is 18.2 Å². The highest BCUT2D eigenvalue weighted by molar-refractivity contribution is 5.72. The van der Waals surface area contributed by atoms with E-state index in [1.165, 1.54) is 0 Å². The van der Waals surface area contributed by atoms with E-state index >= 15 is 0 Å². The van der Waals surface area contributed by atoms with E-state index in [9.17, 15) is 0 Å². The Morgan fingerprint density at radius 2 is 2.12 bits per heavy atom. The van der Waals surface area contributed by atoms with Gasteiger partial charge in [-0.15, -0.1) is 0 Å². The predicted octanol–water partition coefficient (Wildman–Crippen LogP) is 1.39. The normalized spacial score (nSPS) is 10.3. The molecule has 0 bridgehead atoms. The highest BCUT2D eigenvalue weighted by Crippen LogP contribution is 2.29. The standard InChI is InChI=1S/C11H14N4O2/c1-15(2)11-13-10(17-14-11)8-6-7(16-3)4-5-9(8)12/h4-6H,12H2,1-3H3. The average Bonchev–Trinajstić information content (AvgIpc) is 2.79. The fraction of sp³-hybridized carbons (Fsp3) is 0.273. The lowest BCUT2D eigenvalue weighted by Gasteiger charge is -2.04. The number of methoxy groups -OCH3 is 1. The summed E-state index contributed by atoms with van der Waals surface area (Å²) in [5.41, 5.74) is 7.11. The van der Waals surface area contributed by atoms with E-state index in [2.05, 4.69) is 10.1 Å². The number of ether oxygens (including phenoxy) is 1. The number of hydrogen-bond acceptors (Lipinski definition) is 6. The smallest absolute Gasteiger partial charge is 0.265 e. The SMILES string of the molecule is COc1ccc(N)c(-c2nc(N(C)C)no2)c1. The molecule has 1 heterocycles. The number of nitrogens with two attached hydrogens (primary N) is 1. The summed E-state index contributed by atoms with van der Waals surface area (Å²) in [6.07, 6.45) is 0. The van der Waals surface area contributed by atoms with Gasteiger partial charge in [0.05, 0.1) is 12.7 Å². The molecule has 1 aromatic carbocycles. The van der Waals surface area contributed by atoms with Crippen LogP contribution in [-0.2, 0) is 0 Å². The molecule has 0 radical (unpaired) electrons. The Balaban J connectivity index is 2.44. The Bertz CT molecular complexity index is 522. The van der Waals surface area contributed by atoms with Gasteiger partial charge in [0.2, 0.25) is 0 Å². The first kappa shape index (κ1) is 11.3. The second-order valence-electron chi connectivity index (χ2n) is 3.75. The number of nitrogen functional groups attached to an aromatic ring is 1. The number of nitrogens with zero attached hydrogens (tertiary/aromatic N) is 3. The Hall–Kier alpha value is -2.24. The van der Waals surface area contributed by atoms with Crippen LogP contribution < -0.4 is 15.4 Å². The summed E-state index contributed by atoms with van der Waals surface area (Å²) in [7, 11) is 5.27. The van der Waals surface area contributed by atoms with Gasteiger partial charge in [0.15, 0.2) is 0 Å². The van der Waals surface area contributed by atoms with E-state index in [1.54, 1.807) is 30.2 Å². The highest BCUT2D eigenvalue weighted by Gasteiger charge is 2.13. The van der Waals surface area contributed by atoms with Gasteiger partial charge in [-0.3, -0.25) is 0 Å². The van der Waals surface area contributed by atoms with Crippen LogP contribution in [0.4, 0.5) is 11.6 Å². The molecule has 0 saturated carbocycles. The number of hydrogen-bond donors (Lipinski definition) is 1. The Morgan fingerprint density at radius 1 is 1.35 bits per heavy atom. The molecule has 90 valence electrons. The molecule has 0 atom stereocenters. The lowest BCUT2D eigenvalue weighted by Crippen LogP contribution is -2.10. The number of benzene rings is 1. The minimum atomic E-state index is 0.380. The number of aromatic nitrogens is 2. The molecule has 1 aromatic heterocycles. The molecule has 0 unspecified atom stereocenters. The van der Waals surface area contributed by atoms with E-state index in [1.807, 2.05) is 14.1 Å². The molecular weight excluding hydrogens is 220 g/mol. The van der Waals surface area contributed by atoms with Crippen molar-refractivity contribution in [3.63, 3.8) is 0 Å². The molecule has 0 fully saturated rings. The third-order valence-electron chi connectivity index (χ3n) is 2.31. The van der Waals surface area contributed by atoms with Gasteiger partial charge in [-0.1, -0.05) is 0 Å². The lowest BCUT2D eigenvalue weighted by atomic mass is 10.1. The van der Waals surface area contributed by atoms with Gasteiger partial charge in [0, 0.05) is 19.8 Å². The summed E-state index contributed by atoms with van der Waals surface area (Å²) in [5.74, 6) is 1.58. The van der Waals surface area contributed by atoms with Gasteiger partial charge in [-0.05, 0) is 23.4 Å². The Kier molecular flexibility index (Phi) is 2.86. The maximum Gasteiger partial charge on any atom is 0.265 e. The molecule has 0 amide bonds. The minimum absolute atomic E-state index is 0.380. The molecule has 0 aliphatic heterocycles. The van der Waals surface area contributed by atoms with Crippen molar-refractivity contribution in [3.8, 4) is 17.2 Å². The topological polar surface area (TPSA) is 77.4 Å². The van der Waals surface area contributed by atoms with Crippen LogP contribution in [0.1, 0.15) is 0 Å². The third kappa shape index (κ3) is 2.15. The van der Waals surface area contributed by atoms with Gasteiger partial charge >= 0.3 is 0 Å². The van der Waals surface area contributed by atoms with Gasteiger partial charge in [-0.2, -0.15) is 4.98 Å². The van der Waals surface area contributed by atoms with Crippen molar-refractivity contribution in [1.29, 1.82) is 0 Å². The summed E-state index contributed by atoms with van der Waals surface area (Å²) >= 11 is 0. The van der Waals surface area contributed by atoms with Crippen molar-refractivity contribution in [2.45, 2.75) is 0 Å². The van der Waals surface area contributed by atoms with Gasteiger partial charge in [0.25, 0.3) is 11.8 Å².